The molecule has 5 nitrogen and oxygen atoms in total. The van der Waals surface area contributed by atoms with Crippen molar-refractivity contribution in [1.82, 2.24) is 10.0 Å². The number of hydrogen-bond acceptors (Lipinski definition) is 3. The molecule has 0 saturated heterocycles. The van der Waals surface area contributed by atoms with Gasteiger partial charge in [0, 0.05) is 29.1 Å². The highest BCUT2D eigenvalue weighted by atomic mass is 35.5. The Labute approximate surface area is 169 Å². The lowest BCUT2D eigenvalue weighted by Crippen LogP contribution is -2.36. The van der Waals surface area contributed by atoms with Gasteiger partial charge >= 0.3 is 0 Å². The summed E-state index contributed by atoms with van der Waals surface area (Å²) in [5.41, 5.74) is 0.569. The van der Waals surface area contributed by atoms with Crippen LogP contribution >= 0.6 is 11.6 Å². The molecule has 2 N–H and O–H groups in total. The van der Waals surface area contributed by atoms with Crippen LogP contribution in [-0.4, -0.2) is 27.4 Å². The van der Waals surface area contributed by atoms with E-state index in [4.69, 9.17) is 11.6 Å². The van der Waals surface area contributed by atoms with Crippen molar-refractivity contribution in [3.05, 3.63) is 77.1 Å². The van der Waals surface area contributed by atoms with E-state index in [1.807, 2.05) is 32.0 Å². The molecule has 0 bridgehead atoms. The monoisotopic (exact) mass is 424 g/mol. The zero-order valence-corrected chi connectivity index (χ0v) is 17.2. The van der Waals surface area contributed by atoms with Gasteiger partial charge in [-0.1, -0.05) is 43.7 Å². The van der Waals surface area contributed by atoms with Gasteiger partial charge in [0.05, 0.1) is 0 Å². The van der Waals surface area contributed by atoms with E-state index < -0.39 is 32.1 Å². The molecule has 2 aromatic rings. The van der Waals surface area contributed by atoms with E-state index in [-0.39, 0.29) is 18.7 Å². The third-order valence-corrected chi connectivity index (χ3v) is 5.87. The van der Waals surface area contributed by atoms with Crippen LogP contribution in [0.1, 0.15) is 29.8 Å². The third kappa shape index (κ3) is 5.41. The summed E-state index contributed by atoms with van der Waals surface area (Å²) >= 11 is 6.03. The molecule has 0 aliphatic rings. The van der Waals surface area contributed by atoms with Gasteiger partial charge in [0.25, 0.3) is 5.91 Å². The Morgan fingerprint density at radius 2 is 1.96 bits per heavy atom. The van der Waals surface area contributed by atoms with Crippen LogP contribution in [0, 0.1) is 5.82 Å². The van der Waals surface area contributed by atoms with Crippen LogP contribution in [0.5, 0.6) is 0 Å². The highest BCUT2D eigenvalue weighted by molar-refractivity contribution is 7.89. The first-order valence-corrected chi connectivity index (χ1v) is 10.4. The van der Waals surface area contributed by atoms with Crippen molar-refractivity contribution in [2.45, 2.75) is 24.2 Å². The molecule has 0 spiro atoms. The molecule has 2 aromatic carbocycles. The Morgan fingerprint density at radius 3 is 2.61 bits per heavy atom. The summed E-state index contributed by atoms with van der Waals surface area (Å²) in [6, 6.07) is 10.5. The van der Waals surface area contributed by atoms with Crippen molar-refractivity contribution < 1.29 is 17.6 Å². The number of rotatable bonds is 8. The summed E-state index contributed by atoms with van der Waals surface area (Å²) in [5.74, 6) is -1.44. The summed E-state index contributed by atoms with van der Waals surface area (Å²) in [7, 11) is -4.09. The van der Waals surface area contributed by atoms with Gasteiger partial charge < -0.3 is 5.32 Å². The topological polar surface area (TPSA) is 75.3 Å². The van der Waals surface area contributed by atoms with Crippen molar-refractivity contribution >= 4 is 27.5 Å². The van der Waals surface area contributed by atoms with Crippen molar-refractivity contribution in [2.75, 3.05) is 13.1 Å². The highest BCUT2D eigenvalue weighted by Gasteiger charge is 2.24. The zero-order chi connectivity index (χ0) is 20.9. The summed E-state index contributed by atoms with van der Waals surface area (Å²) in [6.07, 6.45) is 1.34. The molecular weight excluding hydrogens is 403 g/mol. The summed E-state index contributed by atoms with van der Waals surface area (Å²) < 4.78 is 40.5. The Bertz CT molecular complexity index is 991. The van der Waals surface area contributed by atoms with Gasteiger partial charge in [-0.25, -0.2) is 17.5 Å². The standard InChI is InChI=1S/C20H22ClFN2O3S/c1-4-10-24-28(26,27)18-11-14(8-9-17(18)22)19(25)23-13-20(2,3)15-6-5-7-16(21)12-15/h4-9,11-12,24H,1,10,13H2,2-3H3,(H,23,25). The second-order valence-electron chi connectivity index (χ2n) is 6.86. The average Bonchev–Trinajstić information content (AvgIpc) is 2.65. The minimum absolute atomic E-state index is 0.0438. The molecule has 0 radical (unpaired) electrons. The highest BCUT2D eigenvalue weighted by Crippen LogP contribution is 2.25. The van der Waals surface area contributed by atoms with E-state index in [0.29, 0.717) is 5.02 Å². The maximum absolute atomic E-state index is 14.0. The van der Waals surface area contributed by atoms with E-state index in [1.165, 1.54) is 12.1 Å². The van der Waals surface area contributed by atoms with Crippen LogP contribution in [0.25, 0.3) is 0 Å². The Morgan fingerprint density at radius 1 is 1.25 bits per heavy atom. The molecule has 0 saturated carbocycles. The summed E-state index contributed by atoms with van der Waals surface area (Å²) in [5, 5.41) is 3.36. The van der Waals surface area contributed by atoms with E-state index >= 15 is 0 Å². The van der Waals surface area contributed by atoms with Crippen molar-refractivity contribution in [3.63, 3.8) is 0 Å². The minimum atomic E-state index is -4.09. The minimum Gasteiger partial charge on any atom is -0.351 e. The van der Waals surface area contributed by atoms with E-state index in [9.17, 15) is 17.6 Å². The van der Waals surface area contributed by atoms with Gasteiger partial charge in [-0.3, -0.25) is 4.79 Å². The maximum atomic E-state index is 14.0. The fourth-order valence-electron chi connectivity index (χ4n) is 2.51. The molecule has 1 amide bonds. The van der Waals surface area contributed by atoms with Gasteiger partial charge in [0.2, 0.25) is 10.0 Å². The number of carbonyl (C=O) groups excluding carboxylic acids is 1. The number of hydrogen-bond donors (Lipinski definition) is 2. The fourth-order valence-corrected chi connectivity index (χ4v) is 3.80. The molecule has 0 atom stereocenters. The van der Waals surface area contributed by atoms with Gasteiger partial charge in [0.15, 0.2) is 0 Å². The molecule has 8 heteroatoms. The zero-order valence-electron chi connectivity index (χ0n) is 15.6. The predicted molar refractivity (Wildman–Crippen MR) is 109 cm³/mol. The lowest BCUT2D eigenvalue weighted by atomic mass is 9.84. The molecule has 0 aliphatic heterocycles. The largest absolute Gasteiger partial charge is 0.351 e. The van der Waals surface area contributed by atoms with Gasteiger partial charge in [0.1, 0.15) is 10.7 Å². The van der Waals surface area contributed by atoms with Crippen LogP contribution in [0.2, 0.25) is 5.02 Å². The molecule has 0 unspecified atom stereocenters. The van der Waals surface area contributed by atoms with Crippen LogP contribution in [0.3, 0.4) is 0 Å². The summed E-state index contributed by atoms with van der Waals surface area (Å²) in [6.45, 7) is 7.53. The lowest BCUT2D eigenvalue weighted by Gasteiger charge is -2.26. The van der Waals surface area contributed by atoms with Gasteiger partial charge in [-0.15, -0.1) is 6.58 Å². The van der Waals surface area contributed by atoms with Gasteiger partial charge in [-0.2, -0.15) is 0 Å². The SMILES string of the molecule is C=CCNS(=O)(=O)c1cc(C(=O)NCC(C)(C)c2cccc(Cl)c2)ccc1F. The fraction of sp³-hybridized carbons (Fsp3) is 0.250. The van der Waals surface area contributed by atoms with Crippen molar-refractivity contribution in [3.8, 4) is 0 Å². The molecule has 0 aromatic heterocycles. The van der Waals surface area contributed by atoms with Crippen LogP contribution < -0.4 is 10.0 Å². The molecule has 0 heterocycles. The number of sulfonamides is 1. The molecule has 0 aliphatic carbocycles. The Kier molecular flexibility index (Phi) is 6.98. The van der Waals surface area contributed by atoms with Crippen LogP contribution in [0.4, 0.5) is 4.39 Å². The first kappa shape index (κ1) is 22.1. The quantitative estimate of drug-likeness (QED) is 0.635. The average molecular weight is 425 g/mol. The number of carbonyl (C=O) groups is 1. The smallest absolute Gasteiger partial charge is 0.251 e. The third-order valence-electron chi connectivity index (χ3n) is 4.20. The second-order valence-corrected chi connectivity index (χ2v) is 9.03. The van der Waals surface area contributed by atoms with Crippen LogP contribution in [0.15, 0.2) is 60.0 Å². The maximum Gasteiger partial charge on any atom is 0.251 e. The number of nitrogens with one attached hydrogen (secondary N) is 2. The molecule has 28 heavy (non-hydrogen) atoms. The van der Waals surface area contributed by atoms with Gasteiger partial charge in [-0.05, 0) is 35.9 Å². The molecule has 150 valence electrons. The first-order valence-electron chi connectivity index (χ1n) is 8.51. The Hall–Kier alpha value is -2.22. The predicted octanol–water partition coefficient (Wildman–Crippen LogP) is 3.65. The van der Waals surface area contributed by atoms with Crippen molar-refractivity contribution in [1.29, 1.82) is 0 Å². The normalized spacial score (nSPS) is 11.9. The van der Waals surface area contributed by atoms with E-state index in [2.05, 4.69) is 16.6 Å². The molecule has 0 fully saturated rings. The second kappa shape index (κ2) is 8.86. The summed E-state index contributed by atoms with van der Waals surface area (Å²) in [4.78, 5) is 11.9. The first-order chi connectivity index (χ1) is 13.1. The van der Waals surface area contributed by atoms with E-state index in [0.717, 1.165) is 17.7 Å². The Balaban J connectivity index is 2.19. The number of halogens is 2. The van der Waals surface area contributed by atoms with Crippen molar-refractivity contribution in [2.24, 2.45) is 0 Å². The molecular formula is C20H22ClFN2O3S. The van der Waals surface area contributed by atoms with Crippen LogP contribution in [-0.2, 0) is 15.4 Å². The number of amides is 1. The lowest BCUT2D eigenvalue weighted by molar-refractivity contribution is 0.0945. The van der Waals surface area contributed by atoms with E-state index in [1.54, 1.807) is 6.07 Å². The number of benzene rings is 2. The molecule has 2 rings (SSSR count).